The number of para-hydroxylation sites is 2. The Hall–Kier alpha value is -4.20. The number of aromatic nitrogens is 3. The summed E-state index contributed by atoms with van der Waals surface area (Å²) in [5, 5.41) is 6.18. The van der Waals surface area contributed by atoms with Gasteiger partial charge in [0, 0.05) is 17.1 Å². The molecule has 190 valence electrons. The Labute approximate surface area is 214 Å². The molecule has 0 radical (unpaired) electrons. The monoisotopic (exact) mass is 498 g/mol. The summed E-state index contributed by atoms with van der Waals surface area (Å²) in [5.74, 6) is -0.470. The van der Waals surface area contributed by atoms with Crippen LogP contribution in [0.25, 0.3) is 16.6 Å². The Balaban J connectivity index is 1.35. The molecule has 0 fully saturated rings. The number of pyridine rings is 1. The number of anilines is 1. The lowest BCUT2D eigenvalue weighted by Crippen LogP contribution is -2.29. The molecule has 4 aromatic rings. The van der Waals surface area contributed by atoms with E-state index in [0.29, 0.717) is 17.2 Å². The Kier molecular flexibility index (Phi) is 6.41. The van der Waals surface area contributed by atoms with E-state index in [1.807, 2.05) is 42.5 Å². The van der Waals surface area contributed by atoms with Gasteiger partial charge in [-0.2, -0.15) is 0 Å². The first-order chi connectivity index (χ1) is 17.7. The normalized spacial score (nSPS) is 15.3. The zero-order valence-corrected chi connectivity index (χ0v) is 21.2. The van der Waals surface area contributed by atoms with Gasteiger partial charge in [0.25, 0.3) is 11.5 Å². The van der Waals surface area contributed by atoms with Crippen molar-refractivity contribution < 1.29 is 14.3 Å². The lowest BCUT2D eigenvalue weighted by Gasteiger charge is -2.35. The van der Waals surface area contributed by atoms with Crippen molar-refractivity contribution in [1.82, 2.24) is 14.8 Å². The molecule has 8 nitrogen and oxygen atoms in total. The van der Waals surface area contributed by atoms with Crippen LogP contribution in [-0.2, 0) is 22.4 Å². The molecule has 0 spiro atoms. The number of ether oxygens (including phenoxy) is 1. The summed E-state index contributed by atoms with van der Waals surface area (Å²) < 4.78 is 6.82. The van der Waals surface area contributed by atoms with Crippen LogP contribution >= 0.6 is 0 Å². The minimum Gasteiger partial charge on any atom is -0.452 e. The maximum absolute atomic E-state index is 13.4. The third-order valence-corrected chi connectivity index (χ3v) is 7.03. The van der Waals surface area contributed by atoms with Crippen molar-refractivity contribution in [3.8, 4) is 5.69 Å². The fraction of sp³-hybridized carbons (Fsp3) is 0.310. The molecular formula is C29H30N4O4. The molecule has 1 aliphatic carbocycles. The number of benzene rings is 2. The largest absolute Gasteiger partial charge is 0.452 e. The van der Waals surface area contributed by atoms with E-state index < -0.39 is 18.5 Å². The topological polar surface area (TPSA) is 106 Å². The van der Waals surface area contributed by atoms with Crippen LogP contribution in [0.2, 0.25) is 0 Å². The summed E-state index contributed by atoms with van der Waals surface area (Å²) in [5.41, 5.74) is 3.49. The Morgan fingerprint density at radius 2 is 1.84 bits per heavy atom. The summed E-state index contributed by atoms with van der Waals surface area (Å²) in [6, 6.07) is 17.8. The molecule has 2 aromatic carbocycles. The Morgan fingerprint density at radius 1 is 1.11 bits per heavy atom. The highest BCUT2D eigenvalue weighted by Crippen LogP contribution is 2.39. The van der Waals surface area contributed by atoms with Crippen molar-refractivity contribution in [2.24, 2.45) is 11.3 Å². The summed E-state index contributed by atoms with van der Waals surface area (Å²) in [6.45, 7) is 6.17. The standard InChI is InChI=1S/C29H30N4O4/c1-29(2,3)18-13-14-23-21(15-18)27(20-11-7-8-12-22(20)30-23)28(36)37-17-25(34)31-24-16-26(35)33(32-24)19-9-5-4-6-10-19/h4-12,16,18,32H,13-15,17H2,1-3H3,(H,31,34). The van der Waals surface area contributed by atoms with Crippen molar-refractivity contribution in [1.29, 1.82) is 0 Å². The zero-order valence-electron chi connectivity index (χ0n) is 21.2. The van der Waals surface area contributed by atoms with Gasteiger partial charge in [-0.1, -0.05) is 57.2 Å². The number of carbonyl (C=O) groups is 2. The predicted octanol–water partition coefficient (Wildman–Crippen LogP) is 4.66. The second-order valence-corrected chi connectivity index (χ2v) is 10.5. The van der Waals surface area contributed by atoms with E-state index in [9.17, 15) is 14.4 Å². The SMILES string of the molecule is CC(C)(C)C1CCc2nc3ccccc3c(C(=O)OCC(=O)Nc3cc(=O)n(-c4ccccc4)[nH]3)c2C1. The molecule has 0 saturated carbocycles. The van der Waals surface area contributed by atoms with Gasteiger partial charge >= 0.3 is 5.97 Å². The predicted molar refractivity (Wildman–Crippen MR) is 142 cm³/mol. The van der Waals surface area contributed by atoms with Crippen molar-refractivity contribution in [3.05, 3.63) is 87.8 Å². The molecule has 2 aromatic heterocycles. The van der Waals surface area contributed by atoms with Gasteiger partial charge in [-0.15, -0.1) is 0 Å². The van der Waals surface area contributed by atoms with E-state index in [0.717, 1.165) is 41.4 Å². The molecule has 1 amide bonds. The highest BCUT2D eigenvalue weighted by atomic mass is 16.5. The number of nitrogens with zero attached hydrogens (tertiary/aromatic N) is 2. The number of aryl methyl sites for hydroxylation is 1. The average Bonchev–Trinajstić information content (AvgIpc) is 3.25. The number of amides is 1. The van der Waals surface area contributed by atoms with Crippen LogP contribution in [0.3, 0.4) is 0 Å². The first-order valence-electron chi connectivity index (χ1n) is 12.5. The fourth-order valence-electron chi connectivity index (χ4n) is 4.98. The number of carbonyl (C=O) groups excluding carboxylic acids is 2. The van der Waals surface area contributed by atoms with E-state index in [1.54, 1.807) is 12.1 Å². The van der Waals surface area contributed by atoms with E-state index in [2.05, 4.69) is 31.2 Å². The molecule has 2 N–H and O–H groups in total. The number of esters is 1. The molecule has 0 bridgehead atoms. The molecule has 1 atom stereocenters. The molecular weight excluding hydrogens is 468 g/mol. The first kappa shape index (κ1) is 24.5. The van der Waals surface area contributed by atoms with Gasteiger partial charge in [-0.3, -0.25) is 19.7 Å². The highest BCUT2D eigenvalue weighted by Gasteiger charge is 2.33. The van der Waals surface area contributed by atoms with Gasteiger partial charge in [0.15, 0.2) is 6.61 Å². The second-order valence-electron chi connectivity index (χ2n) is 10.5. The Morgan fingerprint density at radius 3 is 2.59 bits per heavy atom. The van der Waals surface area contributed by atoms with Crippen molar-refractivity contribution >= 4 is 28.6 Å². The molecule has 0 saturated heterocycles. The molecule has 1 unspecified atom stereocenters. The van der Waals surface area contributed by atoms with Gasteiger partial charge in [0.2, 0.25) is 0 Å². The molecule has 5 rings (SSSR count). The summed E-state index contributed by atoms with van der Waals surface area (Å²) in [6.07, 6.45) is 2.55. The minimum absolute atomic E-state index is 0.0947. The minimum atomic E-state index is -0.547. The maximum Gasteiger partial charge on any atom is 0.339 e. The van der Waals surface area contributed by atoms with Crippen molar-refractivity contribution in [2.45, 2.75) is 40.0 Å². The van der Waals surface area contributed by atoms with Crippen LogP contribution in [0.5, 0.6) is 0 Å². The quantitative estimate of drug-likeness (QED) is 0.389. The number of hydrogen-bond acceptors (Lipinski definition) is 5. The number of rotatable bonds is 5. The number of fused-ring (bicyclic) bond motifs is 2. The van der Waals surface area contributed by atoms with Gasteiger partial charge in [-0.05, 0) is 54.4 Å². The molecule has 2 heterocycles. The van der Waals surface area contributed by atoms with E-state index in [1.165, 1.54) is 10.7 Å². The zero-order chi connectivity index (χ0) is 26.2. The average molecular weight is 499 g/mol. The molecule has 0 aliphatic heterocycles. The third kappa shape index (κ3) is 5.05. The van der Waals surface area contributed by atoms with Crippen LogP contribution in [-0.4, -0.2) is 33.2 Å². The molecule has 8 heteroatoms. The lowest BCUT2D eigenvalue weighted by atomic mass is 9.70. The summed E-state index contributed by atoms with van der Waals surface area (Å²) >= 11 is 0. The van der Waals surface area contributed by atoms with Crippen molar-refractivity contribution in [2.75, 3.05) is 11.9 Å². The number of H-pyrrole nitrogens is 1. The third-order valence-electron chi connectivity index (χ3n) is 7.03. The first-order valence-corrected chi connectivity index (χ1v) is 12.5. The van der Waals surface area contributed by atoms with E-state index in [4.69, 9.17) is 9.72 Å². The lowest BCUT2D eigenvalue weighted by molar-refractivity contribution is -0.119. The second kappa shape index (κ2) is 9.69. The van der Waals surface area contributed by atoms with E-state index in [-0.39, 0.29) is 16.8 Å². The number of hydrogen-bond donors (Lipinski definition) is 2. The van der Waals surface area contributed by atoms with Gasteiger partial charge in [0.05, 0.1) is 16.8 Å². The van der Waals surface area contributed by atoms with Crippen molar-refractivity contribution in [3.63, 3.8) is 0 Å². The van der Waals surface area contributed by atoms with Gasteiger partial charge in [0.1, 0.15) is 5.82 Å². The molecule has 1 aliphatic rings. The van der Waals surface area contributed by atoms with E-state index >= 15 is 0 Å². The van der Waals surface area contributed by atoms with Gasteiger partial charge in [-0.25, -0.2) is 9.48 Å². The van der Waals surface area contributed by atoms with Crippen LogP contribution in [0, 0.1) is 11.3 Å². The number of aromatic amines is 1. The Bertz CT molecular complexity index is 1530. The smallest absolute Gasteiger partial charge is 0.339 e. The fourth-order valence-corrected chi connectivity index (χ4v) is 4.98. The van der Waals surface area contributed by atoms with Crippen LogP contribution in [0.4, 0.5) is 5.82 Å². The number of nitrogens with one attached hydrogen (secondary N) is 2. The van der Waals surface area contributed by atoms with Crippen LogP contribution in [0.1, 0.15) is 48.8 Å². The van der Waals surface area contributed by atoms with Crippen LogP contribution < -0.4 is 10.9 Å². The summed E-state index contributed by atoms with van der Waals surface area (Å²) in [7, 11) is 0. The van der Waals surface area contributed by atoms with Gasteiger partial charge < -0.3 is 10.1 Å². The highest BCUT2D eigenvalue weighted by molar-refractivity contribution is 6.06. The maximum atomic E-state index is 13.4. The summed E-state index contributed by atoms with van der Waals surface area (Å²) in [4.78, 5) is 43.2. The van der Waals surface area contributed by atoms with Crippen LogP contribution in [0.15, 0.2) is 65.5 Å². The molecule has 37 heavy (non-hydrogen) atoms.